The molecule has 0 aromatic heterocycles. The number of nitrogens with zero attached hydrogens (tertiary/aromatic N) is 2. The van der Waals surface area contributed by atoms with E-state index in [4.69, 9.17) is 9.47 Å². The van der Waals surface area contributed by atoms with E-state index >= 15 is 4.79 Å². The minimum absolute atomic E-state index is 0.105. The van der Waals surface area contributed by atoms with E-state index in [0.29, 0.717) is 31.2 Å². The predicted octanol–water partition coefficient (Wildman–Crippen LogP) is 4.34. The van der Waals surface area contributed by atoms with Crippen LogP contribution in [-0.4, -0.2) is 87.7 Å². The summed E-state index contributed by atoms with van der Waals surface area (Å²) in [6.45, 7) is 19.6. The molecule has 3 amide bonds. The number of rotatable bonds is 15. The number of amides is 3. The van der Waals surface area contributed by atoms with E-state index in [1.807, 2.05) is 44.2 Å². The number of carbonyl (C=O) groups excluding carboxylic acids is 4. The monoisotopic (exact) mass is 651 g/mol. The van der Waals surface area contributed by atoms with Crippen LogP contribution in [0.2, 0.25) is 0 Å². The summed E-state index contributed by atoms with van der Waals surface area (Å²) < 4.78 is 12.5. The molecule has 3 fully saturated rings. The molecule has 47 heavy (non-hydrogen) atoms. The third-order valence-corrected chi connectivity index (χ3v) is 9.69. The lowest BCUT2D eigenvalue weighted by Crippen LogP contribution is -2.61. The summed E-state index contributed by atoms with van der Waals surface area (Å²) in [6.07, 6.45) is 4.51. The minimum atomic E-state index is -1.27. The van der Waals surface area contributed by atoms with Gasteiger partial charge in [-0.2, -0.15) is 0 Å². The van der Waals surface area contributed by atoms with Crippen LogP contribution in [0.3, 0.4) is 0 Å². The third-order valence-electron chi connectivity index (χ3n) is 9.69. The lowest BCUT2D eigenvalue weighted by atomic mass is 9.70. The van der Waals surface area contributed by atoms with Gasteiger partial charge in [-0.1, -0.05) is 63.3 Å². The Morgan fingerprint density at radius 3 is 2.45 bits per heavy atom. The molecular weight excluding hydrogens is 598 g/mol. The lowest BCUT2D eigenvalue weighted by Gasteiger charge is -2.46. The van der Waals surface area contributed by atoms with Crippen molar-refractivity contribution in [3.63, 3.8) is 0 Å². The highest BCUT2D eigenvalue weighted by atomic mass is 16.6. The van der Waals surface area contributed by atoms with Gasteiger partial charge < -0.3 is 29.7 Å². The second kappa shape index (κ2) is 14.3. The van der Waals surface area contributed by atoms with E-state index in [1.165, 1.54) is 4.90 Å². The highest BCUT2D eigenvalue weighted by molar-refractivity contribution is 5.98. The molecule has 3 saturated heterocycles. The van der Waals surface area contributed by atoms with Gasteiger partial charge in [0.05, 0.1) is 37.1 Å². The molecule has 258 valence electrons. The van der Waals surface area contributed by atoms with Gasteiger partial charge >= 0.3 is 5.97 Å². The van der Waals surface area contributed by atoms with E-state index < -0.39 is 65.8 Å². The zero-order valence-corrected chi connectivity index (χ0v) is 28.9. The molecule has 0 saturated carbocycles. The SMILES string of the molecule is C=CCCC(=O)NC[C@H](C)OC(=O)[C@@H]1[C@@H]2CC[C@]3(O2)[C@H](C(=O)N(CC=C)C(C)(C)CC(C)(C)C)N([C@H](CO)c2ccccc2)C(=O)[C@@H]13. The van der Waals surface area contributed by atoms with E-state index in [2.05, 4.69) is 39.2 Å². The van der Waals surface area contributed by atoms with Crippen molar-refractivity contribution < 1.29 is 33.8 Å². The summed E-state index contributed by atoms with van der Waals surface area (Å²) in [5.41, 5.74) is -1.32. The van der Waals surface area contributed by atoms with Gasteiger partial charge in [-0.3, -0.25) is 19.2 Å². The number of carbonyl (C=O) groups is 4. The van der Waals surface area contributed by atoms with Crippen LogP contribution in [0.4, 0.5) is 0 Å². The maximum atomic E-state index is 15.0. The fourth-order valence-corrected chi connectivity index (χ4v) is 8.21. The largest absolute Gasteiger partial charge is 0.460 e. The fourth-order valence-electron chi connectivity index (χ4n) is 8.21. The van der Waals surface area contributed by atoms with Gasteiger partial charge in [-0.25, -0.2) is 0 Å². The van der Waals surface area contributed by atoms with Gasteiger partial charge in [0.2, 0.25) is 17.7 Å². The molecule has 3 aliphatic heterocycles. The van der Waals surface area contributed by atoms with Gasteiger partial charge in [0.1, 0.15) is 17.7 Å². The average Bonchev–Trinajstić information content (AvgIpc) is 3.65. The molecule has 1 aromatic carbocycles. The van der Waals surface area contributed by atoms with Crippen LogP contribution in [0.15, 0.2) is 55.6 Å². The molecule has 1 aromatic rings. The molecule has 0 unspecified atom stereocenters. The van der Waals surface area contributed by atoms with Gasteiger partial charge in [-0.15, -0.1) is 13.2 Å². The maximum Gasteiger partial charge on any atom is 0.312 e. The Kier molecular flexibility index (Phi) is 11.1. The smallest absolute Gasteiger partial charge is 0.312 e. The number of nitrogens with one attached hydrogen (secondary N) is 1. The number of hydrogen-bond acceptors (Lipinski definition) is 7. The van der Waals surface area contributed by atoms with Crippen molar-refractivity contribution >= 4 is 23.7 Å². The highest BCUT2D eigenvalue weighted by Crippen LogP contribution is 2.60. The first kappa shape index (κ1) is 36.3. The zero-order chi connectivity index (χ0) is 34.7. The fraction of sp³-hybridized carbons (Fsp3) is 0.622. The minimum Gasteiger partial charge on any atom is -0.460 e. The first-order chi connectivity index (χ1) is 22.1. The van der Waals surface area contributed by atoms with Crippen LogP contribution >= 0.6 is 0 Å². The normalized spacial score (nSPS) is 26.4. The Balaban J connectivity index is 1.72. The Bertz CT molecular complexity index is 1340. The van der Waals surface area contributed by atoms with Gasteiger partial charge in [0, 0.05) is 18.5 Å². The first-order valence-corrected chi connectivity index (χ1v) is 16.8. The summed E-state index contributed by atoms with van der Waals surface area (Å²) in [5.74, 6) is -3.37. The van der Waals surface area contributed by atoms with E-state index in [9.17, 15) is 19.5 Å². The van der Waals surface area contributed by atoms with Crippen molar-refractivity contribution in [2.24, 2.45) is 17.3 Å². The van der Waals surface area contributed by atoms with Gasteiger partial charge in [-0.05, 0) is 57.4 Å². The number of allylic oxidation sites excluding steroid dienone is 1. The van der Waals surface area contributed by atoms with E-state index in [1.54, 1.807) is 24.0 Å². The average molecular weight is 652 g/mol. The van der Waals surface area contributed by atoms with Crippen LogP contribution in [-0.2, 0) is 28.7 Å². The third kappa shape index (κ3) is 7.33. The zero-order valence-electron chi connectivity index (χ0n) is 28.9. The quantitative estimate of drug-likeness (QED) is 0.214. The summed E-state index contributed by atoms with van der Waals surface area (Å²) in [4.78, 5) is 58.9. The summed E-state index contributed by atoms with van der Waals surface area (Å²) in [6, 6.07) is 7.22. The first-order valence-electron chi connectivity index (χ1n) is 16.8. The number of aliphatic hydroxyl groups excluding tert-OH is 1. The van der Waals surface area contributed by atoms with Crippen LogP contribution in [0.5, 0.6) is 0 Å². The lowest BCUT2D eigenvalue weighted by molar-refractivity contribution is -0.160. The number of benzene rings is 1. The van der Waals surface area contributed by atoms with E-state index in [-0.39, 0.29) is 36.7 Å². The second-order valence-corrected chi connectivity index (χ2v) is 15.1. The van der Waals surface area contributed by atoms with Crippen molar-refractivity contribution in [2.45, 2.75) is 109 Å². The predicted molar refractivity (Wildman–Crippen MR) is 179 cm³/mol. The summed E-state index contributed by atoms with van der Waals surface area (Å²) >= 11 is 0. The summed E-state index contributed by atoms with van der Waals surface area (Å²) in [5, 5.41) is 13.6. The number of hydrogen-bond donors (Lipinski definition) is 2. The Morgan fingerprint density at radius 2 is 1.85 bits per heavy atom. The van der Waals surface area contributed by atoms with Crippen LogP contribution in [0, 0.1) is 17.3 Å². The molecule has 3 heterocycles. The molecule has 10 nitrogen and oxygen atoms in total. The number of fused-ring (bicyclic) bond motifs is 1. The van der Waals surface area contributed by atoms with Gasteiger partial charge in [0.25, 0.3) is 0 Å². The number of likely N-dealkylation sites (tertiary alicyclic amines) is 1. The van der Waals surface area contributed by atoms with Crippen LogP contribution in [0.1, 0.15) is 85.3 Å². The van der Waals surface area contributed by atoms with Crippen molar-refractivity contribution in [1.29, 1.82) is 0 Å². The molecule has 2 bridgehead atoms. The van der Waals surface area contributed by atoms with Crippen LogP contribution < -0.4 is 5.32 Å². The van der Waals surface area contributed by atoms with E-state index in [0.717, 1.165) is 0 Å². The molecule has 2 N–H and O–H groups in total. The second-order valence-electron chi connectivity index (χ2n) is 15.1. The van der Waals surface area contributed by atoms with Crippen LogP contribution in [0.25, 0.3) is 0 Å². The number of aliphatic hydroxyl groups is 1. The Labute approximate surface area is 279 Å². The van der Waals surface area contributed by atoms with Gasteiger partial charge in [0.15, 0.2) is 0 Å². The van der Waals surface area contributed by atoms with Crippen molar-refractivity contribution in [2.75, 3.05) is 19.7 Å². The number of ether oxygens (including phenoxy) is 2. The molecule has 10 heteroatoms. The van der Waals surface area contributed by atoms with Crippen molar-refractivity contribution in [3.05, 3.63) is 61.2 Å². The maximum absolute atomic E-state index is 15.0. The Morgan fingerprint density at radius 1 is 1.17 bits per heavy atom. The van der Waals surface area contributed by atoms with Crippen molar-refractivity contribution in [1.82, 2.24) is 15.1 Å². The molecule has 0 radical (unpaired) electrons. The number of esters is 1. The molecule has 1 spiro atoms. The standard InChI is InChI=1S/C37H53N3O7/c1-9-11-17-28(42)38-21-24(3)46-34(45)29-27-18-19-37(47-27)30(29)32(43)40(26(22-41)25-15-13-12-14-16-25)31(37)33(44)39(20-10-2)36(7,8)23-35(4,5)6/h9-10,12-16,24,26-27,29-31,41H,1-2,11,17-23H2,3-8H3,(H,38,42)/t24-,26+,27-,29+,30+,31-,37+/m0/s1. The Hall–Kier alpha value is -3.50. The molecular formula is C37H53N3O7. The summed E-state index contributed by atoms with van der Waals surface area (Å²) in [7, 11) is 0. The molecule has 0 aliphatic carbocycles. The topological polar surface area (TPSA) is 125 Å². The van der Waals surface area contributed by atoms with Crippen molar-refractivity contribution in [3.8, 4) is 0 Å². The molecule has 7 atom stereocenters. The molecule has 3 aliphatic rings. The molecule has 4 rings (SSSR count). The highest BCUT2D eigenvalue weighted by Gasteiger charge is 2.76.